The summed E-state index contributed by atoms with van der Waals surface area (Å²) in [6.07, 6.45) is 0. The second-order valence-electron chi connectivity index (χ2n) is 6.94. The summed E-state index contributed by atoms with van der Waals surface area (Å²) in [7, 11) is 1.58. The topological polar surface area (TPSA) is 71.5 Å². The summed E-state index contributed by atoms with van der Waals surface area (Å²) in [5.41, 5.74) is -0.535. The molecule has 3 amide bonds. The molecule has 1 aromatic heterocycles. The van der Waals surface area contributed by atoms with E-state index in [0.29, 0.717) is 5.69 Å². The van der Waals surface area contributed by atoms with Gasteiger partial charge < -0.3 is 10.1 Å². The number of thiazole rings is 1. The molecule has 0 radical (unpaired) electrons. The number of benzene rings is 2. The highest BCUT2D eigenvalue weighted by atomic mass is 32.1. The molecule has 3 aromatic rings. The van der Waals surface area contributed by atoms with Crippen LogP contribution in [-0.2, 0) is 16.9 Å². The van der Waals surface area contributed by atoms with Crippen molar-refractivity contribution in [3.8, 4) is 16.3 Å². The Bertz CT molecular complexity index is 1130. The Morgan fingerprint density at radius 1 is 1.17 bits per heavy atom. The van der Waals surface area contributed by atoms with Crippen molar-refractivity contribution in [2.24, 2.45) is 0 Å². The largest absolute Gasteiger partial charge is 0.497 e. The molecule has 154 valence electrons. The van der Waals surface area contributed by atoms with Gasteiger partial charge in [0.05, 0.1) is 19.3 Å². The fraction of sp³-hybridized carbons (Fsp3) is 0.190. The maximum atomic E-state index is 14.3. The third-order valence-corrected chi connectivity index (χ3v) is 5.89. The molecule has 1 fully saturated rings. The normalized spacial score (nSPS) is 18.6. The minimum atomic E-state index is -1.70. The van der Waals surface area contributed by atoms with Gasteiger partial charge in [0.1, 0.15) is 27.9 Å². The molecule has 1 unspecified atom stereocenters. The van der Waals surface area contributed by atoms with Crippen molar-refractivity contribution in [2.45, 2.75) is 19.0 Å². The van der Waals surface area contributed by atoms with Crippen LogP contribution in [0.25, 0.3) is 10.6 Å². The molecular weight excluding hydrogens is 412 g/mol. The van der Waals surface area contributed by atoms with Crippen LogP contribution in [0.3, 0.4) is 0 Å². The molecule has 30 heavy (non-hydrogen) atoms. The molecule has 9 heteroatoms. The number of aromatic nitrogens is 1. The first-order chi connectivity index (χ1) is 14.3. The number of hydrogen-bond acceptors (Lipinski definition) is 5. The van der Waals surface area contributed by atoms with E-state index in [-0.39, 0.29) is 12.1 Å². The van der Waals surface area contributed by atoms with Crippen molar-refractivity contribution >= 4 is 23.3 Å². The Morgan fingerprint density at radius 2 is 1.90 bits per heavy atom. The first kappa shape index (κ1) is 20.0. The van der Waals surface area contributed by atoms with Gasteiger partial charge in [-0.2, -0.15) is 0 Å². The molecule has 6 nitrogen and oxygen atoms in total. The van der Waals surface area contributed by atoms with Crippen molar-refractivity contribution in [3.63, 3.8) is 0 Å². The van der Waals surface area contributed by atoms with Gasteiger partial charge in [0.25, 0.3) is 5.91 Å². The SMILES string of the molecule is COc1ccc(-c2nc(CN3C(=O)NC(C)(c4cc(F)ccc4F)C3=O)cs2)cc1. The van der Waals surface area contributed by atoms with Crippen LogP contribution in [0.15, 0.2) is 47.8 Å². The van der Waals surface area contributed by atoms with E-state index in [0.717, 1.165) is 39.4 Å². The van der Waals surface area contributed by atoms with E-state index in [2.05, 4.69) is 10.3 Å². The zero-order valence-electron chi connectivity index (χ0n) is 16.1. The van der Waals surface area contributed by atoms with Crippen molar-refractivity contribution in [1.29, 1.82) is 0 Å². The number of amides is 3. The molecule has 2 heterocycles. The number of methoxy groups -OCH3 is 1. The minimum Gasteiger partial charge on any atom is -0.497 e. The van der Waals surface area contributed by atoms with E-state index in [9.17, 15) is 18.4 Å². The molecular formula is C21H17F2N3O3S. The van der Waals surface area contributed by atoms with Crippen LogP contribution in [-0.4, -0.2) is 28.9 Å². The Kier molecular flexibility index (Phi) is 4.98. The second kappa shape index (κ2) is 7.49. The van der Waals surface area contributed by atoms with Crippen molar-refractivity contribution in [2.75, 3.05) is 7.11 Å². The standard InChI is InChI=1S/C21H17F2N3O3S/c1-21(16-9-13(22)5-8-17(16)23)19(27)26(20(28)25-21)10-14-11-30-18(24-14)12-3-6-15(29-2)7-4-12/h3-9,11H,10H2,1-2H3,(H,25,28). The van der Waals surface area contributed by atoms with Gasteiger partial charge in [-0.3, -0.25) is 9.69 Å². The third-order valence-electron chi connectivity index (χ3n) is 4.95. The van der Waals surface area contributed by atoms with Gasteiger partial charge in [-0.05, 0) is 49.4 Å². The van der Waals surface area contributed by atoms with Gasteiger partial charge in [0, 0.05) is 16.5 Å². The first-order valence-electron chi connectivity index (χ1n) is 9.00. The minimum absolute atomic E-state index is 0.0795. The first-order valence-corrected chi connectivity index (χ1v) is 9.88. The highest BCUT2D eigenvalue weighted by Gasteiger charge is 2.50. The molecule has 1 saturated heterocycles. The zero-order valence-corrected chi connectivity index (χ0v) is 16.9. The van der Waals surface area contributed by atoms with Crippen LogP contribution in [0.2, 0.25) is 0 Å². The molecule has 0 bridgehead atoms. The lowest BCUT2D eigenvalue weighted by Gasteiger charge is -2.22. The molecule has 1 N–H and O–H groups in total. The molecule has 1 aliphatic heterocycles. The van der Waals surface area contributed by atoms with E-state index in [1.807, 2.05) is 24.3 Å². The number of halogens is 2. The van der Waals surface area contributed by atoms with Crippen LogP contribution in [0.5, 0.6) is 5.75 Å². The number of imide groups is 1. The molecule has 0 spiro atoms. The van der Waals surface area contributed by atoms with Crippen molar-refractivity contribution in [3.05, 3.63) is 70.7 Å². The fourth-order valence-electron chi connectivity index (χ4n) is 3.31. The predicted octanol–water partition coefficient (Wildman–Crippen LogP) is 4.06. The van der Waals surface area contributed by atoms with Crippen LogP contribution in [0.4, 0.5) is 13.6 Å². The van der Waals surface area contributed by atoms with E-state index < -0.39 is 29.1 Å². The Balaban J connectivity index is 1.57. The summed E-state index contributed by atoms with van der Waals surface area (Å²) in [4.78, 5) is 30.9. The monoisotopic (exact) mass is 429 g/mol. The molecule has 1 aliphatic rings. The number of urea groups is 1. The van der Waals surface area contributed by atoms with Gasteiger partial charge in [-0.15, -0.1) is 11.3 Å². The van der Waals surface area contributed by atoms with E-state index in [4.69, 9.17) is 4.74 Å². The maximum absolute atomic E-state index is 14.3. The van der Waals surface area contributed by atoms with Crippen molar-refractivity contribution < 1.29 is 23.1 Å². The molecule has 2 aromatic carbocycles. The van der Waals surface area contributed by atoms with Gasteiger partial charge >= 0.3 is 6.03 Å². The number of ether oxygens (including phenoxy) is 1. The molecule has 0 aliphatic carbocycles. The van der Waals surface area contributed by atoms with E-state index >= 15 is 0 Å². The lowest BCUT2D eigenvalue weighted by molar-refractivity contribution is -0.131. The summed E-state index contributed by atoms with van der Waals surface area (Å²) in [6, 6.07) is 9.46. The highest BCUT2D eigenvalue weighted by Crippen LogP contribution is 2.33. The third kappa shape index (κ3) is 3.41. The van der Waals surface area contributed by atoms with Crippen molar-refractivity contribution in [1.82, 2.24) is 15.2 Å². The fourth-order valence-corrected chi connectivity index (χ4v) is 4.13. The van der Waals surface area contributed by atoms with Crippen LogP contribution >= 0.6 is 11.3 Å². The number of nitrogens with zero attached hydrogens (tertiary/aromatic N) is 2. The van der Waals surface area contributed by atoms with Crippen LogP contribution in [0.1, 0.15) is 18.2 Å². The van der Waals surface area contributed by atoms with Crippen LogP contribution in [0, 0.1) is 11.6 Å². The Labute approximate surface area is 175 Å². The lowest BCUT2D eigenvalue weighted by atomic mass is 9.91. The summed E-state index contributed by atoms with van der Waals surface area (Å²) in [6.45, 7) is 1.28. The van der Waals surface area contributed by atoms with Crippen LogP contribution < -0.4 is 10.1 Å². The average molecular weight is 429 g/mol. The zero-order chi connectivity index (χ0) is 21.5. The molecule has 0 saturated carbocycles. The average Bonchev–Trinajstić information content (AvgIpc) is 3.29. The number of nitrogens with one attached hydrogen (secondary N) is 1. The number of carbonyl (C=O) groups is 2. The van der Waals surface area contributed by atoms with E-state index in [1.54, 1.807) is 12.5 Å². The number of carbonyl (C=O) groups excluding carboxylic acids is 2. The molecule has 1 atom stereocenters. The van der Waals surface area contributed by atoms with Gasteiger partial charge in [-0.1, -0.05) is 0 Å². The Hall–Kier alpha value is -3.33. The van der Waals surface area contributed by atoms with Gasteiger partial charge in [-0.25, -0.2) is 18.6 Å². The summed E-state index contributed by atoms with van der Waals surface area (Å²) < 4.78 is 33.0. The number of rotatable bonds is 5. The van der Waals surface area contributed by atoms with Gasteiger partial charge in [0.2, 0.25) is 0 Å². The van der Waals surface area contributed by atoms with Gasteiger partial charge in [0.15, 0.2) is 0 Å². The lowest BCUT2D eigenvalue weighted by Crippen LogP contribution is -2.41. The predicted molar refractivity (Wildman–Crippen MR) is 107 cm³/mol. The second-order valence-corrected chi connectivity index (χ2v) is 7.80. The molecule has 4 rings (SSSR count). The summed E-state index contributed by atoms with van der Waals surface area (Å²) in [5.74, 6) is -1.42. The number of hydrogen-bond donors (Lipinski definition) is 1. The quantitative estimate of drug-likeness (QED) is 0.621. The summed E-state index contributed by atoms with van der Waals surface area (Å²) in [5, 5.41) is 4.95. The van der Waals surface area contributed by atoms with E-state index in [1.165, 1.54) is 18.3 Å². The highest BCUT2D eigenvalue weighted by molar-refractivity contribution is 7.13. The Morgan fingerprint density at radius 3 is 2.60 bits per heavy atom. The maximum Gasteiger partial charge on any atom is 0.325 e. The summed E-state index contributed by atoms with van der Waals surface area (Å²) >= 11 is 1.37. The smallest absolute Gasteiger partial charge is 0.325 e.